The molecule has 2 heterocycles. The topological polar surface area (TPSA) is 85.7 Å². The molecule has 2 aromatic heterocycles. The third-order valence-corrected chi connectivity index (χ3v) is 2.87. The van der Waals surface area contributed by atoms with Crippen LogP contribution in [0.2, 0.25) is 0 Å². The van der Waals surface area contributed by atoms with E-state index in [1.165, 1.54) is 11.0 Å². The predicted molar refractivity (Wildman–Crippen MR) is 73.9 cm³/mol. The number of hydrogen-bond acceptors (Lipinski definition) is 5. The Morgan fingerprint density at radius 1 is 1.24 bits per heavy atom. The zero-order valence-corrected chi connectivity index (χ0v) is 11.1. The second-order valence-corrected chi connectivity index (χ2v) is 4.35. The number of nitrogens with one attached hydrogen (secondary N) is 1. The number of nitrogens with zero attached hydrogens (tertiary/aromatic N) is 4. The van der Waals surface area contributed by atoms with Gasteiger partial charge in [-0.15, -0.1) is 5.10 Å². The number of ether oxygens (including phenoxy) is 1. The molecule has 0 amide bonds. The van der Waals surface area contributed by atoms with Gasteiger partial charge in [-0.1, -0.05) is 18.2 Å². The lowest BCUT2D eigenvalue weighted by molar-refractivity contribution is 0.0502. The van der Waals surface area contributed by atoms with Gasteiger partial charge in [-0.25, -0.2) is 4.79 Å². The van der Waals surface area contributed by atoms with Gasteiger partial charge in [0.25, 0.3) is 0 Å². The normalized spacial score (nSPS) is 10.5. The lowest BCUT2D eigenvalue weighted by Gasteiger charge is -2.01. The van der Waals surface area contributed by atoms with Crippen LogP contribution in [0.3, 0.4) is 0 Å². The molecule has 7 heteroatoms. The zero-order chi connectivity index (χ0) is 14.5. The van der Waals surface area contributed by atoms with Crippen LogP contribution >= 0.6 is 0 Å². The highest BCUT2D eigenvalue weighted by molar-refractivity contribution is 5.86. The maximum absolute atomic E-state index is 11.9. The molecule has 1 aromatic carbocycles. The van der Waals surface area contributed by atoms with Crippen molar-refractivity contribution in [2.45, 2.75) is 6.42 Å². The van der Waals surface area contributed by atoms with E-state index < -0.39 is 5.97 Å². The number of para-hydroxylation sites is 1. The number of rotatable bonds is 5. The Hall–Kier alpha value is -2.96. The molecule has 7 nitrogen and oxygen atoms in total. The fourth-order valence-electron chi connectivity index (χ4n) is 1.79. The maximum Gasteiger partial charge on any atom is 0.360 e. The smallest absolute Gasteiger partial charge is 0.360 e. The van der Waals surface area contributed by atoms with E-state index in [-0.39, 0.29) is 12.3 Å². The van der Waals surface area contributed by atoms with Gasteiger partial charge in [0.2, 0.25) is 0 Å². The lowest BCUT2D eigenvalue weighted by Crippen LogP contribution is -2.09. The molecule has 106 valence electrons. The quantitative estimate of drug-likeness (QED) is 0.715. The van der Waals surface area contributed by atoms with Crippen molar-refractivity contribution in [2.24, 2.45) is 0 Å². The second-order valence-electron chi connectivity index (χ2n) is 4.35. The molecule has 3 rings (SSSR count). The summed E-state index contributed by atoms with van der Waals surface area (Å²) in [7, 11) is 0. The number of carbonyl (C=O) groups is 1. The van der Waals surface area contributed by atoms with Gasteiger partial charge in [0.1, 0.15) is 0 Å². The number of esters is 1. The molecule has 0 fully saturated rings. The first kappa shape index (κ1) is 13.0. The Bertz CT molecular complexity index is 706. The highest BCUT2D eigenvalue weighted by Gasteiger charge is 2.12. The number of hydrogen-bond donors (Lipinski definition) is 1. The molecular weight excluding hydrogens is 270 g/mol. The Morgan fingerprint density at radius 2 is 2.10 bits per heavy atom. The minimum Gasteiger partial charge on any atom is -0.461 e. The van der Waals surface area contributed by atoms with E-state index in [2.05, 4.69) is 20.4 Å². The molecule has 0 radical (unpaired) electrons. The van der Waals surface area contributed by atoms with Gasteiger partial charge in [-0.2, -0.15) is 15.0 Å². The Morgan fingerprint density at radius 3 is 2.86 bits per heavy atom. The van der Waals surface area contributed by atoms with E-state index in [4.69, 9.17) is 4.74 Å². The maximum atomic E-state index is 11.9. The van der Waals surface area contributed by atoms with Crippen LogP contribution in [0.15, 0.2) is 48.9 Å². The van der Waals surface area contributed by atoms with Crippen molar-refractivity contribution < 1.29 is 9.53 Å². The van der Waals surface area contributed by atoms with E-state index >= 15 is 0 Å². The van der Waals surface area contributed by atoms with Crippen molar-refractivity contribution in [3.05, 3.63) is 60.2 Å². The van der Waals surface area contributed by atoms with E-state index in [0.717, 1.165) is 11.3 Å². The van der Waals surface area contributed by atoms with Gasteiger partial charge in [0, 0.05) is 12.6 Å². The van der Waals surface area contributed by atoms with Crippen LogP contribution in [0.25, 0.3) is 5.69 Å². The van der Waals surface area contributed by atoms with Crippen LogP contribution < -0.4 is 0 Å². The van der Waals surface area contributed by atoms with E-state index in [9.17, 15) is 4.79 Å². The average molecular weight is 283 g/mol. The van der Waals surface area contributed by atoms with Gasteiger partial charge in [-0.05, 0) is 17.7 Å². The summed E-state index contributed by atoms with van der Waals surface area (Å²) in [6.45, 7) is 0.274. The number of aromatic amines is 1. The summed E-state index contributed by atoms with van der Waals surface area (Å²) in [5.74, 6) is -0.485. The molecule has 0 aliphatic heterocycles. The first-order valence-corrected chi connectivity index (χ1v) is 6.45. The van der Waals surface area contributed by atoms with Crippen molar-refractivity contribution in [2.75, 3.05) is 6.61 Å². The molecule has 0 aliphatic rings. The predicted octanol–water partition coefficient (Wildman–Crippen LogP) is 1.39. The minimum absolute atomic E-state index is 0.186. The highest BCUT2D eigenvalue weighted by atomic mass is 16.5. The van der Waals surface area contributed by atoms with Gasteiger partial charge < -0.3 is 4.74 Å². The number of H-pyrrole nitrogens is 1. The minimum atomic E-state index is -0.485. The third kappa shape index (κ3) is 3.14. The van der Waals surface area contributed by atoms with Crippen molar-refractivity contribution in [1.29, 1.82) is 0 Å². The van der Waals surface area contributed by atoms with Crippen molar-refractivity contribution in [3.63, 3.8) is 0 Å². The SMILES string of the molecule is O=C(OCCc1cn[nH]c1)c1cnn(-c2ccccc2)n1. The zero-order valence-electron chi connectivity index (χ0n) is 11.1. The van der Waals surface area contributed by atoms with Crippen LogP contribution in [-0.4, -0.2) is 37.8 Å². The Balaban J connectivity index is 1.59. The molecule has 0 atom stereocenters. The summed E-state index contributed by atoms with van der Waals surface area (Å²) in [6, 6.07) is 9.36. The summed E-state index contributed by atoms with van der Waals surface area (Å²) in [4.78, 5) is 13.3. The summed E-state index contributed by atoms with van der Waals surface area (Å²) in [5.41, 5.74) is 1.96. The van der Waals surface area contributed by atoms with Crippen molar-refractivity contribution in [3.8, 4) is 5.69 Å². The van der Waals surface area contributed by atoms with Crippen LogP contribution in [0.5, 0.6) is 0 Å². The molecule has 3 aromatic rings. The molecule has 0 aliphatic carbocycles. The molecule has 0 saturated carbocycles. The fraction of sp³-hybridized carbons (Fsp3) is 0.143. The van der Waals surface area contributed by atoms with Crippen molar-refractivity contribution in [1.82, 2.24) is 25.2 Å². The Kier molecular flexibility index (Phi) is 3.72. The summed E-state index contributed by atoms with van der Waals surface area (Å²) in [6.07, 6.45) is 5.46. The molecular formula is C14H13N5O2. The summed E-state index contributed by atoms with van der Waals surface area (Å²) in [5, 5.41) is 14.7. The van der Waals surface area contributed by atoms with Gasteiger partial charge in [0.05, 0.1) is 24.7 Å². The third-order valence-electron chi connectivity index (χ3n) is 2.87. The largest absolute Gasteiger partial charge is 0.461 e. The van der Waals surface area contributed by atoms with Crippen molar-refractivity contribution >= 4 is 5.97 Å². The summed E-state index contributed by atoms with van der Waals surface area (Å²) >= 11 is 0. The molecule has 0 bridgehead atoms. The van der Waals surface area contributed by atoms with Gasteiger partial charge >= 0.3 is 5.97 Å². The molecule has 0 spiro atoms. The second kappa shape index (κ2) is 6.00. The average Bonchev–Trinajstić information content (AvgIpc) is 3.20. The standard InChI is InChI=1S/C14H13N5O2/c20-14(21-7-6-11-8-15-16-9-11)13-10-17-19(18-13)12-4-2-1-3-5-12/h1-5,8-10H,6-7H2,(H,15,16). The first-order valence-electron chi connectivity index (χ1n) is 6.45. The Labute approximate surface area is 120 Å². The van der Waals surface area contributed by atoms with Gasteiger partial charge in [0.15, 0.2) is 5.69 Å². The highest BCUT2D eigenvalue weighted by Crippen LogP contribution is 2.05. The summed E-state index contributed by atoms with van der Waals surface area (Å²) < 4.78 is 5.15. The molecule has 21 heavy (non-hydrogen) atoms. The number of aromatic nitrogens is 5. The molecule has 0 saturated heterocycles. The molecule has 1 N–H and O–H groups in total. The van der Waals surface area contributed by atoms with Crippen LogP contribution in [-0.2, 0) is 11.2 Å². The van der Waals surface area contributed by atoms with Crippen LogP contribution in [0.1, 0.15) is 16.1 Å². The van der Waals surface area contributed by atoms with E-state index in [1.54, 1.807) is 12.4 Å². The number of benzene rings is 1. The van der Waals surface area contributed by atoms with Gasteiger partial charge in [-0.3, -0.25) is 5.10 Å². The molecule has 0 unspecified atom stereocenters. The van der Waals surface area contributed by atoms with E-state index in [0.29, 0.717) is 6.42 Å². The van der Waals surface area contributed by atoms with E-state index in [1.807, 2.05) is 30.3 Å². The fourth-order valence-corrected chi connectivity index (χ4v) is 1.79. The lowest BCUT2D eigenvalue weighted by atomic mass is 10.3. The monoisotopic (exact) mass is 283 g/mol. The van der Waals surface area contributed by atoms with Crippen LogP contribution in [0.4, 0.5) is 0 Å². The van der Waals surface area contributed by atoms with Crippen LogP contribution in [0, 0.1) is 0 Å². The number of carbonyl (C=O) groups excluding carboxylic acids is 1. The first-order chi connectivity index (χ1) is 10.3.